The Morgan fingerprint density at radius 1 is 1.39 bits per heavy atom. The highest BCUT2D eigenvalue weighted by molar-refractivity contribution is 7.12. The highest BCUT2D eigenvalue weighted by atomic mass is 32.1. The van der Waals surface area contributed by atoms with Crippen molar-refractivity contribution in [2.45, 2.75) is 31.7 Å². The summed E-state index contributed by atoms with van der Waals surface area (Å²) in [5, 5.41) is 9.19. The van der Waals surface area contributed by atoms with Crippen LogP contribution in [0.1, 0.15) is 41.4 Å². The van der Waals surface area contributed by atoms with Crippen molar-refractivity contribution >= 4 is 23.1 Å². The second kappa shape index (κ2) is 4.94. The SMILES string of the molecule is O=C(Nc1ccnn1C1CCCC1)c1cccs1. The fraction of sp³-hybridized carbons (Fsp3) is 0.385. The molecule has 18 heavy (non-hydrogen) atoms. The van der Waals surface area contributed by atoms with Crippen molar-refractivity contribution in [2.24, 2.45) is 0 Å². The summed E-state index contributed by atoms with van der Waals surface area (Å²) < 4.78 is 1.96. The van der Waals surface area contributed by atoms with Gasteiger partial charge in [-0.3, -0.25) is 4.79 Å². The van der Waals surface area contributed by atoms with E-state index in [0.717, 1.165) is 23.5 Å². The second-order valence-electron chi connectivity index (χ2n) is 4.53. The van der Waals surface area contributed by atoms with Crippen molar-refractivity contribution < 1.29 is 4.79 Å². The molecule has 3 rings (SSSR count). The van der Waals surface area contributed by atoms with Gasteiger partial charge in [0.2, 0.25) is 0 Å². The van der Waals surface area contributed by atoms with Crippen molar-refractivity contribution in [3.05, 3.63) is 34.7 Å². The van der Waals surface area contributed by atoms with Gasteiger partial charge < -0.3 is 5.32 Å². The van der Waals surface area contributed by atoms with Gasteiger partial charge in [-0.2, -0.15) is 5.10 Å². The minimum absolute atomic E-state index is 0.0512. The first-order valence-corrected chi connectivity index (χ1v) is 7.11. The number of amides is 1. The van der Waals surface area contributed by atoms with Crippen LogP contribution >= 0.6 is 11.3 Å². The van der Waals surface area contributed by atoms with E-state index in [1.165, 1.54) is 24.2 Å². The number of hydrogen-bond acceptors (Lipinski definition) is 3. The van der Waals surface area contributed by atoms with E-state index in [-0.39, 0.29) is 5.91 Å². The minimum atomic E-state index is -0.0512. The lowest BCUT2D eigenvalue weighted by Crippen LogP contribution is -2.16. The van der Waals surface area contributed by atoms with Crippen molar-refractivity contribution in [2.75, 3.05) is 5.32 Å². The lowest BCUT2D eigenvalue weighted by atomic mass is 10.2. The molecule has 94 valence electrons. The molecule has 0 radical (unpaired) electrons. The van der Waals surface area contributed by atoms with Crippen LogP contribution in [0.2, 0.25) is 0 Å². The third kappa shape index (κ3) is 2.18. The standard InChI is InChI=1S/C13H15N3OS/c17-13(11-6-3-9-18-11)15-12-7-8-14-16(12)10-4-1-2-5-10/h3,6-10H,1-2,4-5H2,(H,15,17). The summed E-state index contributed by atoms with van der Waals surface area (Å²) in [6.45, 7) is 0. The number of carbonyl (C=O) groups is 1. The van der Waals surface area contributed by atoms with E-state index >= 15 is 0 Å². The molecule has 1 saturated carbocycles. The summed E-state index contributed by atoms with van der Waals surface area (Å²) in [7, 11) is 0. The van der Waals surface area contributed by atoms with E-state index in [4.69, 9.17) is 0 Å². The van der Waals surface area contributed by atoms with E-state index in [1.54, 1.807) is 6.20 Å². The Labute approximate surface area is 110 Å². The Bertz CT molecular complexity index is 526. The third-order valence-electron chi connectivity index (χ3n) is 3.33. The Hall–Kier alpha value is -1.62. The Kier molecular flexibility index (Phi) is 3.15. The fourth-order valence-corrected chi connectivity index (χ4v) is 3.06. The zero-order valence-electron chi connectivity index (χ0n) is 10.0. The number of nitrogens with one attached hydrogen (secondary N) is 1. The predicted octanol–water partition coefficient (Wildman–Crippen LogP) is 3.31. The minimum Gasteiger partial charge on any atom is -0.306 e. The molecule has 0 bridgehead atoms. The van der Waals surface area contributed by atoms with Gasteiger partial charge >= 0.3 is 0 Å². The van der Waals surface area contributed by atoms with Gasteiger partial charge in [-0.15, -0.1) is 11.3 Å². The first-order chi connectivity index (χ1) is 8.84. The Morgan fingerprint density at radius 2 is 2.22 bits per heavy atom. The maximum Gasteiger partial charge on any atom is 0.266 e. The molecule has 0 aliphatic heterocycles. The average molecular weight is 261 g/mol. The number of nitrogens with zero attached hydrogens (tertiary/aromatic N) is 2. The van der Waals surface area contributed by atoms with Gasteiger partial charge in [-0.25, -0.2) is 4.68 Å². The zero-order chi connectivity index (χ0) is 12.4. The molecule has 0 unspecified atom stereocenters. The molecule has 5 heteroatoms. The van der Waals surface area contributed by atoms with Crippen LogP contribution in [0, 0.1) is 0 Å². The quantitative estimate of drug-likeness (QED) is 0.921. The fourth-order valence-electron chi connectivity index (χ4n) is 2.44. The predicted molar refractivity (Wildman–Crippen MR) is 72.0 cm³/mol. The van der Waals surface area contributed by atoms with Gasteiger partial charge in [-0.1, -0.05) is 18.9 Å². The van der Waals surface area contributed by atoms with Crippen LogP contribution in [0.5, 0.6) is 0 Å². The van der Waals surface area contributed by atoms with Crippen molar-refractivity contribution in [3.8, 4) is 0 Å². The monoisotopic (exact) mass is 261 g/mol. The van der Waals surface area contributed by atoms with E-state index in [9.17, 15) is 4.79 Å². The second-order valence-corrected chi connectivity index (χ2v) is 5.48. The topological polar surface area (TPSA) is 46.9 Å². The molecule has 1 aliphatic carbocycles. The lowest BCUT2D eigenvalue weighted by Gasteiger charge is -2.14. The summed E-state index contributed by atoms with van der Waals surface area (Å²) in [5.74, 6) is 0.755. The molecule has 0 saturated heterocycles. The smallest absolute Gasteiger partial charge is 0.266 e. The Morgan fingerprint density at radius 3 is 2.94 bits per heavy atom. The summed E-state index contributed by atoms with van der Waals surface area (Å²) >= 11 is 1.45. The van der Waals surface area contributed by atoms with Gasteiger partial charge in [0, 0.05) is 6.07 Å². The van der Waals surface area contributed by atoms with E-state index in [1.807, 2.05) is 28.3 Å². The molecule has 1 amide bonds. The molecule has 2 aromatic heterocycles. The molecule has 2 aromatic rings. The molecule has 1 N–H and O–H groups in total. The number of aromatic nitrogens is 2. The molecule has 4 nitrogen and oxygen atoms in total. The largest absolute Gasteiger partial charge is 0.306 e. The van der Waals surface area contributed by atoms with Crippen molar-refractivity contribution in [1.82, 2.24) is 9.78 Å². The van der Waals surface area contributed by atoms with E-state index < -0.39 is 0 Å². The summed E-state index contributed by atoms with van der Waals surface area (Å²) in [6.07, 6.45) is 6.57. The maximum atomic E-state index is 12.0. The molecular weight excluding hydrogens is 246 g/mol. The van der Waals surface area contributed by atoms with Gasteiger partial charge in [0.1, 0.15) is 5.82 Å². The van der Waals surface area contributed by atoms with Crippen LogP contribution in [0.4, 0.5) is 5.82 Å². The van der Waals surface area contributed by atoms with Crippen LogP contribution in [0.15, 0.2) is 29.8 Å². The zero-order valence-corrected chi connectivity index (χ0v) is 10.8. The first-order valence-electron chi connectivity index (χ1n) is 6.23. The molecule has 2 heterocycles. The molecule has 0 atom stereocenters. The number of thiophene rings is 1. The molecule has 1 fully saturated rings. The van der Waals surface area contributed by atoms with Crippen LogP contribution < -0.4 is 5.32 Å². The Balaban J connectivity index is 1.77. The van der Waals surface area contributed by atoms with Crippen LogP contribution in [-0.4, -0.2) is 15.7 Å². The average Bonchev–Trinajstić information content (AvgIpc) is 3.11. The first kappa shape index (κ1) is 11.5. The van der Waals surface area contributed by atoms with Gasteiger partial charge in [-0.05, 0) is 24.3 Å². The van der Waals surface area contributed by atoms with Crippen LogP contribution in [0.3, 0.4) is 0 Å². The van der Waals surface area contributed by atoms with E-state index in [2.05, 4.69) is 10.4 Å². The summed E-state index contributed by atoms with van der Waals surface area (Å²) in [5.41, 5.74) is 0. The van der Waals surface area contributed by atoms with Crippen molar-refractivity contribution in [3.63, 3.8) is 0 Å². The van der Waals surface area contributed by atoms with E-state index in [0.29, 0.717) is 6.04 Å². The van der Waals surface area contributed by atoms with Crippen LogP contribution in [-0.2, 0) is 0 Å². The number of rotatable bonds is 3. The summed E-state index contributed by atoms with van der Waals surface area (Å²) in [4.78, 5) is 12.7. The molecule has 1 aliphatic rings. The molecule has 0 spiro atoms. The van der Waals surface area contributed by atoms with Gasteiger partial charge in [0.05, 0.1) is 17.1 Å². The molecule has 0 aromatic carbocycles. The number of anilines is 1. The van der Waals surface area contributed by atoms with Crippen molar-refractivity contribution in [1.29, 1.82) is 0 Å². The van der Waals surface area contributed by atoms with Gasteiger partial charge in [0.25, 0.3) is 5.91 Å². The highest BCUT2D eigenvalue weighted by Crippen LogP contribution is 2.31. The maximum absolute atomic E-state index is 12.0. The van der Waals surface area contributed by atoms with Gasteiger partial charge in [0.15, 0.2) is 0 Å². The van der Waals surface area contributed by atoms with Crippen LogP contribution in [0.25, 0.3) is 0 Å². The third-order valence-corrected chi connectivity index (χ3v) is 4.20. The molecular formula is C13H15N3OS. The normalized spacial score (nSPS) is 16.0. The number of hydrogen-bond donors (Lipinski definition) is 1. The highest BCUT2D eigenvalue weighted by Gasteiger charge is 2.20. The summed E-state index contributed by atoms with van der Waals surface area (Å²) in [6, 6.07) is 6.02. The number of carbonyl (C=O) groups excluding carboxylic acids is 1. The lowest BCUT2D eigenvalue weighted by molar-refractivity contribution is 0.102.